The monoisotopic (exact) mass is 690 g/mol. The van der Waals surface area contributed by atoms with E-state index >= 15 is 0 Å². The molecule has 1 aromatic carbocycles. The lowest BCUT2D eigenvalue weighted by Crippen LogP contribution is -2.49. The van der Waals surface area contributed by atoms with E-state index in [1.165, 1.54) is 4.68 Å². The van der Waals surface area contributed by atoms with Gasteiger partial charge in [0.2, 0.25) is 5.91 Å². The van der Waals surface area contributed by atoms with E-state index in [2.05, 4.69) is 38.7 Å². The first-order valence-corrected chi connectivity index (χ1v) is 13.6. The number of anilines is 1. The van der Waals surface area contributed by atoms with Crippen LogP contribution in [0.25, 0.3) is 0 Å². The summed E-state index contributed by atoms with van der Waals surface area (Å²) >= 11 is 4.22. The van der Waals surface area contributed by atoms with Gasteiger partial charge in [0.25, 0.3) is 0 Å². The van der Waals surface area contributed by atoms with Crippen LogP contribution in [0.4, 0.5) is 18.9 Å². The van der Waals surface area contributed by atoms with Crippen molar-refractivity contribution >= 4 is 56.8 Å². The van der Waals surface area contributed by atoms with Gasteiger partial charge in [-0.25, -0.2) is 0 Å². The molecule has 0 radical (unpaired) electrons. The summed E-state index contributed by atoms with van der Waals surface area (Å²) in [5.41, 5.74) is 1.91. The van der Waals surface area contributed by atoms with Crippen molar-refractivity contribution in [2.75, 3.05) is 38.2 Å². The molecule has 1 aromatic heterocycles. The number of ether oxygens (including phenoxy) is 1. The van der Waals surface area contributed by atoms with Gasteiger partial charge in [-0.2, -0.15) is 18.3 Å². The molecule has 33 heavy (non-hydrogen) atoms. The topological polar surface area (TPSA) is 50.6 Å². The zero-order valence-corrected chi connectivity index (χ0v) is 23.1. The molecule has 1 aliphatic heterocycles. The fraction of sp³-hybridized carbons (Fsp3) is 0.545. The Hall–Kier alpha value is -1.25. The highest BCUT2D eigenvalue weighted by molar-refractivity contribution is 14.1. The van der Waals surface area contributed by atoms with Crippen LogP contribution in [0.5, 0.6) is 5.75 Å². The molecule has 3 rings (SSSR count). The van der Waals surface area contributed by atoms with Crippen molar-refractivity contribution in [3.8, 4) is 5.75 Å². The predicted octanol–water partition coefficient (Wildman–Crippen LogP) is 5.25. The maximum absolute atomic E-state index is 13.5. The highest BCUT2D eigenvalue weighted by Crippen LogP contribution is 2.36. The molecule has 182 valence electrons. The van der Waals surface area contributed by atoms with Crippen molar-refractivity contribution in [1.29, 1.82) is 0 Å². The summed E-state index contributed by atoms with van der Waals surface area (Å²) in [7, 11) is 1.65. The van der Waals surface area contributed by atoms with E-state index in [0.717, 1.165) is 21.4 Å². The standard InChI is InChI=1S/C22H27F3I2N4O2/c1-14(2)20-17(12-27)21(22(23,24)25)28-31(20)13-19(32)30-8-6-29(7-9-30)16-5-4-15(11-26)18(10-16)33-3/h4-5,10,14H,6-9,11-13H2,1-3H3. The van der Waals surface area contributed by atoms with E-state index in [1.807, 2.05) is 48.6 Å². The Labute approximate surface area is 219 Å². The van der Waals surface area contributed by atoms with Gasteiger partial charge in [0.1, 0.15) is 12.3 Å². The van der Waals surface area contributed by atoms with E-state index in [9.17, 15) is 18.0 Å². The number of alkyl halides is 5. The molecule has 6 nitrogen and oxygen atoms in total. The SMILES string of the molecule is COc1cc(N2CCN(C(=O)Cn3nc(C(F)(F)F)c(CI)c3C(C)C)CC2)ccc1CI. The third-order valence-corrected chi connectivity index (χ3v) is 7.32. The second-order valence-corrected chi connectivity index (χ2v) is 9.68. The zero-order valence-electron chi connectivity index (χ0n) is 18.8. The van der Waals surface area contributed by atoms with Crippen LogP contribution in [-0.2, 0) is 26.4 Å². The van der Waals surface area contributed by atoms with Gasteiger partial charge in [0.15, 0.2) is 5.69 Å². The van der Waals surface area contributed by atoms with Crippen LogP contribution in [0.3, 0.4) is 0 Å². The Bertz CT molecular complexity index is 987. The first-order chi connectivity index (χ1) is 15.6. The van der Waals surface area contributed by atoms with Gasteiger partial charge >= 0.3 is 6.18 Å². The second kappa shape index (κ2) is 11.0. The normalized spacial score (nSPS) is 14.8. The van der Waals surface area contributed by atoms with E-state index in [-0.39, 0.29) is 28.4 Å². The summed E-state index contributed by atoms with van der Waals surface area (Å²) in [4.78, 5) is 16.9. The molecule has 0 bridgehead atoms. The van der Waals surface area contributed by atoms with E-state index in [1.54, 1.807) is 12.0 Å². The molecule has 0 spiro atoms. The number of carbonyl (C=O) groups is 1. The molecule has 0 aliphatic carbocycles. The number of halogens is 5. The van der Waals surface area contributed by atoms with Crippen molar-refractivity contribution in [3.63, 3.8) is 0 Å². The molecule has 2 heterocycles. The van der Waals surface area contributed by atoms with Crippen LogP contribution in [0.2, 0.25) is 0 Å². The first-order valence-electron chi connectivity index (χ1n) is 10.6. The van der Waals surface area contributed by atoms with Crippen molar-refractivity contribution in [3.05, 3.63) is 40.7 Å². The summed E-state index contributed by atoms with van der Waals surface area (Å²) in [5, 5.41) is 3.82. The highest BCUT2D eigenvalue weighted by atomic mass is 127. The molecule has 0 saturated carbocycles. The molecular weight excluding hydrogens is 663 g/mol. The minimum Gasteiger partial charge on any atom is -0.496 e. The molecule has 0 unspecified atom stereocenters. The fourth-order valence-corrected chi connectivity index (χ4v) is 5.50. The van der Waals surface area contributed by atoms with Gasteiger partial charge in [0, 0.05) is 63.6 Å². The largest absolute Gasteiger partial charge is 0.496 e. The van der Waals surface area contributed by atoms with Gasteiger partial charge in [-0.3, -0.25) is 9.48 Å². The summed E-state index contributed by atoms with van der Waals surface area (Å²) in [6, 6.07) is 6.11. The number of rotatable bonds is 7. The maximum Gasteiger partial charge on any atom is 0.435 e. The van der Waals surface area contributed by atoms with Gasteiger partial charge in [0.05, 0.1) is 7.11 Å². The molecule has 0 atom stereocenters. The minimum atomic E-state index is -4.54. The Morgan fingerprint density at radius 3 is 2.33 bits per heavy atom. The number of piperazine rings is 1. The third kappa shape index (κ3) is 5.88. The Balaban J connectivity index is 1.72. The summed E-state index contributed by atoms with van der Waals surface area (Å²) in [6.45, 7) is 5.74. The number of benzene rings is 1. The number of aromatic nitrogens is 2. The molecule has 1 aliphatic rings. The summed E-state index contributed by atoms with van der Waals surface area (Å²) in [6.07, 6.45) is -4.54. The smallest absolute Gasteiger partial charge is 0.435 e. The van der Waals surface area contributed by atoms with E-state index in [4.69, 9.17) is 4.74 Å². The number of amides is 1. The number of carbonyl (C=O) groups excluding carboxylic acids is 1. The quantitative estimate of drug-likeness (QED) is 0.295. The lowest BCUT2D eigenvalue weighted by atomic mass is 10.0. The summed E-state index contributed by atoms with van der Waals surface area (Å²) in [5.74, 6) is 0.445. The number of nitrogens with zero attached hydrogens (tertiary/aromatic N) is 4. The van der Waals surface area contributed by atoms with Crippen molar-refractivity contribution in [2.45, 2.75) is 41.3 Å². The number of methoxy groups -OCH3 is 1. The Kier molecular flexibility index (Phi) is 8.78. The number of hydrogen-bond donors (Lipinski definition) is 0. The van der Waals surface area contributed by atoms with Crippen molar-refractivity contribution < 1.29 is 22.7 Å². The molecule has 11 heteroatoms. The van der Waals surface area contributed by atoms with Gasteiger partial charge in [-0.05, 0) is 12.0 Å². The average molecular weight is 690 g/mol. The lowest BCUT2D eigenvalue weighted by Gasteiger charge is -2.36. The molecular formula is C22H27F3I2N4O2. The first kappa shape index (κ1) is 26.4. The van der Waals surface area contributed by atoms with Crippen LogP contribution in [-0.4, -0.2) is 53.9 Å². The Morgan fingerprint density at radius 2 is 1.82 bits per heavy atom. The van der Waals surface area contributed by atoms with Crippen LogP contribution < -0.4 is 9.64 Å². The number of hydrogen-bond acceptors (Lipinski definition) is 4. The van der Waals surface area contributed by atoms with Crippen LogP contribution in [0, 0.1) is 0 Å². The van der Waals surface area contributed by atoms with Crippen molar-refractivity contribution in [1.82, 2.24) is 14.7 Å². The zero-order chi connectivity index (χ0) is 24.3. The van der Waals surface area contributed by atoms with Crippen LogP contribution in [0.15, 0.2) is 18.2 Å². The van der Waals surface area contributed by atoms with E-state index in [0.29, 0.717) is 31.9 Å². The molecule has 1 fully saturated rings. The molecule has 1 amide bonds. The van der Waals surface area contributed by atoms with Crippen LogP contribution >= 0.6 is 45.2 Å². The third-order valence-electron chi connectivity index (χ3n) is 5.74. The summed E-state index contributed by atoms with van der Waals surface area (Å²) < 4.78 is 48.3. The van der Waals surface area contributed by atoms with Gasteiger partial charge in [-0.1, -0.05) is 65.1 Å². The predicted molar refractivity (Wildman–Crippen MR) is 139 cm³/mol. The van der Waals surface area contributed by atoms with Gasteiger partial charge < -0.3 is 14.5 Å². The average Bonchev–Trinajstić information content (AvgIpc) is 3.17. The minimum absolute atomic E-state index is 0.166. The highest BCUT2D eigenvalue weighted by Gasteiger charge is 2.39. The molecule has 2 aromatic rings. The van der Waals surface area contributed by atoms with E-state index < -0.39 is 11.9 Å². The molecule has 1 saturated heterocycles. The lowest BCUT2D eigenvalue weighted by molar-refractivity contribution is -0.142. The second-order valence-electron chi connectivity index (χ2n) is 8.15. The van der Waals surface area contributed by atoms with Crippen molar-refractivity contribution in [2.24, 2.45) is 0 Å². The maximum atomic E-state index is 13.5. The van der Waals surface area contributed by atoms with Gasteiger partial charge in [-0.15, -0.1) is 0 Å². The van der Waals surface area contributed by atoms with Crippen LogP contribution in [0.1, 0.15) is 42.3 Å². The molecule has 0 N–H and O–H groups in total. The fourth-order valence-electron chi connectivity index (χ4n) is 4.12. The Morgan fingerprint density at radius 1 is 1.15 bits per heavy atom.